The maximum absolute atomic E-state index is 12.7. The zero-order chi connectivity index (χ0) is 23.5. The number of aromatic nitrogens is 1. The molecule has 1 aromatic carbocycles. The van der Waals surface area contributed by atoms with Gasteiger partial charge in [-0.05, 0) is 51.1 Å². The second-order valence-corrected chi connectivity index (χ2v) is 8.18. The van der Waals surface area contributed by atoms with Gasteiger partial charge in [0.1, 0.15) is 0 Å². The maximum Gasteiger partial charge on any atom is 0.340 e. The van der Waals surface area contributed by atoms with Gasteiger partial charge in [0.15, 0.2) is 12.4 Å². The molecule has 8 nitrogen and oxygen atoms in total. The Morgan fingerprint density at radius 2 is 1.61 bits per heavy atom. The van der Waals surface area contributed by atoms with Gasteiger partial charge in [-0.25, -0.2) is 4.79 Å². The molecule has 3 aromatic rings. The first-order chi connectivity index (χ1) is 15.8. The topological polar surface area (TPSA) is 85.0 Å². The van der Waals surface area contributed by atoms with E-state index in [4.69, 9.17) is 9.15 Å². The molecule has 33 heavy (non-hydrogen) atoms. The molecule has 8 heteroatoms. The SMILES string of the molecule is Cc1ccc(-n2c(C)cc(C(=O)OCC(=O)N3CCN(C(=O)c4ccco4)CC3)c2C)cc1. The molecule has 0 N–H and O–H groups in total. The number of benzene rings is 1. The van der Waals surface area contributed by atoms with Crippen LogP contribution in [-0.4, -0.2) is 64.9 Å². The number of carbonyl (C=O) groups excluding carboxylic acids is 3. The van der Waals surface area contributed by atoms with Crippen molar-refractivity contribution in [3.05, 3.63) is 77.0 Å². The van der Waals surface area contributed by atoms with Gasteiger partial charge in [0.05, 0.1) is 11.8 Å². The van der Waals surface area contributed by atoms with Crippen molar-refractivity contribution in [1.29, 1.82) is 0 Å². The monoisotopic (exact) mass is 449 g/mol. The highest BCUT2D eigenvalue weighted by molar-refractivity contribution is 5.93. The van der Waals surface area contributed by atoms with E-state index in [-0.39, 0.29) is 24.2 Å². The lowest BCUT2D eigenvalue weighted by molar-refractivity contribution is -0.136. The second-order valence-electron chi connectivity index (χ2n) is 8.18. The molecular formula is C25H27N3O5. The first-order valence-electron chi connectivity index (χ1n) is 10.9. The third-order valence-corrected chi connectivity index (χ3v) is 5.92. The summed E-state index contributed by atoms with van der Waals surface area (Å²) in [5, 5.41) is 0. The Hall–Kier alpha value is -3.81. The predicted molar refractivity (Wildman–Crippen MR) is 121 cm³/mol. The van der Waals surface area contributed by atoms with Crippen molar-refractivity contribution >= 4 is 17.8 Å². The van der Waals surface area contributed by atoms with Gasteiger partial charge < -0.3 is 23.5 Å². The average molecular weight is 450 g/mol. The molecule has 0 unspecified atom stereocenters. The summed E-state index contributed by atoms with van der Waals surface area (Å²) < 4.78 is 12.5. The summed E-state index contributed by atoms with van der Waals surface area (Å²) in [4.78, 5) is 40.9. The van der Waals surface area contributed by atoms with Crippen molar-refractivity contribution in [3.8, 4) is 5.69 Å². The molecule has 0 bridgehead atoms. The number of rotatable bonds is 5. The summed E-state index contributed by atoms with van der Waals surface area (Å²) in [5.41, 5.74) is 4.23. The number of furan rings is 1. The highest BCUT2D eigenvalue weighted by Crippen LogP contribution is 2.22. The van der Waals surface area contributed by atoms with Crippen molar-refractivity contribution in [2.75, 3.05) is 32.8 Å². The third-order valence-electron chi connectivity index (χ3n) is 5.92. The molecule has 1 saturated heterocycles. The number of hydrogen-bond acceptors (Lipinski definition) is 5. The van der Waals surface area contributed by atoms with Crippen molar-refractivity contribution < 1.29 is 23.5 Å². The Morgan fingerprint density at radius 1 is 0.939 bits per heavy atom. The lowest BCUT2D eigenvalue weighted by Gasteiger charge is -2.34. The Bertz CT molecular complexity index is 1150. The van der Waals surface area contributed by atoms with Crippen molar-refractivity contribution in [2.24, 2.45) is 0 Å². The molecule has 1 aliphatic rings. The lowest BCUT2D eigenvalue weighted by atomic mass is 10.2. The van der Waals surface area contributed by atoms with Gasteiger partial charge in [-0.1, -0.05) is 17.7 Å². The van der Waals surface area contributed by atoms with Crippen LogP contribution in [0.25, 0.3) is 5.69 Å². The minimum atomic E-state index is -0.526. The Balaban J connectivity index is 1.33. The van der Waals surface area contributed by atoms with E-state index in [0.717, 1.165) is 22.6 Å². The first kappa shape index (κ1) is 22.4. The van der Waals surface area contributed by atoms with Crippen molar-refractivity contribution in [1.82, 2.24) is 14.4 Å². The number of piperazine rings is 1. The van der Waals surface area contributed by atoms with Gasteiger partial charge in [-0.15, -0.1) is 0 Å². The summed E-state index contributed by atoms with van der Waals surface area (Å²) in [6.07, 6.45) is 1.46. The summed E-state index contributed by atoms with van der Waals surface area (Å²) in [6, 6.07) is 13.1. The van der Waals surface area contributed by atoms with E-state index < -0.39 is 5.97 Å². The molecule has 1 aliphatic heterocycles. The van der Waals surface area contributed by atoms with Crippen LogP contribution in [0.4, 0.5) is 0 Å². The van der Waals surface area contributed by atoms with Crippen molar-refractivity contribution in [2.45, 2.75) is 20.8 Å². The molecule has 0 atom stereocenters. The van der Waals surface area contributed by atoms with E-state index in [1.165, 1.54) is 6.26 Å². The molecule has 0 radical (unpaired) electrons. The van der Waals surface area contributed by atoms with Gasteiger partial charge >= 0.3 is 5.97 Å². The molecule has 0 saturated carbocycles. The van der Waals surface area contributed by atoms with Crippen LogP contribution < -0.4 is 0 Å². The van der Waals surface area contributed by atoms with Crippen LogP contribution in [0.1, 0.15) is 37.9 Å². The fourth-order valence-corrected chi connectivity index (χ4v) is 4.07. The highest BCUT2D eigenvalue weighted by atomic mass is 16.5. The molecule has 0 aliphatic carbocycles. The number of hydrogen-bond donors (Lipinski definition) is 0. The molecule has 2 amide bonds. The van der Waals surface area contributed by atoms with Crippen LogP contribution >= 0.6 is 0 Å². The van der Waals surface area contributed by atoms with Gasteiger partial charge in [-0.3, -0.25) is 9.59 Å². The van der Waals surface area contributed by atoms with Gasteiger partial charge in [-0.2, -0.15) is 0 Å². The number of aryl methyl sites for hydroxylation is 2. The Morgan fingerprint density at radius 3 is 2.24 bits per heavy atom. The third kappa shape index (κ3) is 4.69. The largest absolute Gasteiger partial charge is 0.459 e. The van der Waals surface area contributed by atoms with E-state index in [2.05, 4.69) is 0 Å². The van der Waals surface area contributed by atoms with Gasteiger partial charge in [0.2, 0.25) is 0 Å². The average Bonchev–Trinajstić information content (AvgIpc) is 3.46. The number of carbonyl (C=O) groups is 3. The summed E-state index contributed by atoms with van der Waals surface area (Å²) in [7, 11) is 0. The van der Waals surface area contributed by atoms with Gasteiger partial charge in [0, 0.05) is 43.3 Å². The zero-order valence-corrected chi connectivity index (χ0v) is 19.0. The van der Waals surface area contributed by atoms with Crippen molar-refractivity contribution in [3.63, 3.8) is 0 Å². The van der Waals surface area contributed by atoms with E-state index in [0.29, 0.717) is 31.7 Å². The normalized spacial score (nSPS) is 13.8. The van der Waals surface area contributed by atoms with Crippen LogP contribution in [0.15, 0.2) is 53.1 Å². The first-order valence-corrected chi connectivity index (χ1v) is 10.9. The van der Waals surface area contributed by atoms with E-state index in [1.807, 2.05) is 49.6 Å². The van der Waals surface area contributed by atoms with Gasteiger partial charge in [0.25, 0.3) is 11.8 Å². The number of esters is 1. The molecule has 3 heterocycles. The molecule has 0 spiro atoms. The van der Waals surface area contributed by atoms with E-state index >= 15 is 0 Å². The summed E-state index contributed by atoms with van der Waals surface area (Å²) >= 11 is 0. The zero-order valence-electron chi connectivity index (χ0n) is 19.0. The van der Waals surface area contributed by atoms with Crippen LogP contribution in [0.3, 0.4) is 0 Å². The Labute approximate surface area is 192 Å². The molecule has 1 fully saturated rings. The van der Waals surface area contributed by atoms with E-state index in [1.54, 1.807) is 28.0 Å². The number of amides is 2. The van der Waals surface area contributed by atoms with Crippen LogP contribution in [0.2, 0.25) is 0 Å². The molecule has 172 valence electrons. The quantitative estimate of drug-likeness (QED) is 0.559. The molecule has 4 rings (SSSR count). The fourth-order valence-electron chi connectivity index (χ4n) is 4.07. The molecule has 2 aromatic heterocycles. The van der Waals surface area contributed by atoms with Crippen LogP contribution in [0.5, 0.6) is 0 Å². The number of nitrogens with zero attached hydrogens (tertiary/aromatic N) is 3. The fraction of sp³-hybridized carbons (Fsp3) is 0.320. The standard InChI is InChI=1S/C25H27N3O5/c1-17-6-8-20(9-7-17)28-18(2)15-21(19(28)3)25(31)33-16-23(29)26-10-12-27(13-11-26)24(30)22-5-4-14-32-22/h4-9,14-15H,10-13,16H2,1-3H3. The minimum absolute atomic E-state index is 0.192. The highest BCUT2D eigenvalue weighted by Gasteiger charge is 2.27. The number of ether oxygens (including phenoxy) is 1. The maximum atomic E-state index is 12.7. The van der Waals surface area contributed by atoms with E-state index in [9.17, 15) is 14.4 Å². The summed E-state index contributed by atoms with van der Waals surface area (Å²) in [6.45, 7) is 7.04. The minimum Gasteiger partial charge on any atom is -0.459 e. The second kappa shape index (κ2) is 9.36. The predicted octanol–water partition coefficient (Wildman–Crippen LogP) is 3.14. The smallest absolute Gasteiger partial charge is 0.340 e. The van der Waals surface area contributed by atoms with Crippen LogP contribution in [0, 0.1) is 20.8 Å². The summed E-state index contributed by atoms with van der Waals surface area (Å²) in [5.74, 6) is -0.711. The lowest BCUT2D eigenvalue weighted by Crippen LogP contribution is -2.51. The van der Waals surface area contributed by atoms with Crippen LogP contribution in [-0.2, 0) is 9.53 Å². The molecular weight excluding hydrogens is 422 g/mol. The Kier molecular flexibility index (Phi) is 6.35.